The standard InChI is InChI=1S/C8H17NOS/c1-3-5-11-6-4-9-7-8(2)10/h3,8-10H,1,4-7H2,2H3/t8-/m1/s1. The van der Waals surface area contributed by atoms with Crippen molar-refractivity contribution in [1.29, 1.82) is 0 Å². The highest BCUT2D eigenvalue weighted by Gasteiger charge is 1.92. The van der Waals surface area contributed by atoms with Crippen LogP contribution in [0.4, 0.5) is 0 Å². The van der Waals surface area contributed by atoms with Gasteiger partial charge in [-0.25, -0.2) is 0 Å². The molecular formula is C8H17NOS. The van der Waals surface area contributed by atoms with Gasteiger partial charge >= 0.3 is 0 Å². The van der Waals surface area contributed by atoms with Gasteiger partial charge in [0.05, 0.1) is 6.10 Å². The van der Waals surface area contributed by atoms with Gasteiger partial charge in [0.25, 0.3) is 0 Å². The molecule has 0 aliphatic heterocycles. The number of aliphatic hydroxyl groups is 1. The molecule has 1 atom stereocenters. The highest BCUT2D eigenvalue weighted by Crippen LogP contribution is 1.96. The molecule has 0 aliphatic carbocycles. The second-order valence-corrected chi connectivity index (χ2v) is 3.57. The third-order valence-electron chi connectivity index (χ3n) is 1.10. The summed E-state index contributed by atoms with van der Waals surface area (Å²) in [6.45, 7) is 7.06. The van der Waals surface area contributed by atoms with Crippen molar-refractivity contribution in [2.24, 2.45) is 0 Å². The molecule has 0 radical (unpaired) electrons. The Bertz CT molecular complexity index is 96.1. The van der Waals surface area contributed by atoms with E-state index >= 15 is 0 Å². The van der Waals surface area contributed by atoms with Gasteiger partial charge < -0.3 is 10.4 Å². The molecule has 2 nitrogen and oxygen atoms in total. The summed E-state index contributed by atoms with van der Waals surface area (Å²) in [5.74, 6) is 2.09. The molecule has 0 aromatic heterocycles. The largest absolute Gasteiger partial charge is 0.392 e. The van der Waals surface area contributed by atoms with Crippen molar-refractivity contribution in [3.63, 3.8) is 0 Å². The predicted octanol–water partition coefficient (Wildman–Crippen LogP) is 0.876. The minimum absolute atomic E-state index is 0.237. The monoisotopic (exact) mass is 175 g/mol. The number of hydrogen-bond acceptors (Lipinski definition) is 3. The van der Waals surface area contributed by atoms with Crippen LogP contribution in [0.2, 0.25) is 0 Å². The fraction of sp³-hybridized carbons (Fsp3) is 0.750. The van der Waals surface area contributed by atoms with Crippen LogP contribution in [0.25, 0.3) is 0 Å². The summed E-state index contributed by atoms with van der Waals surface area (Å²) in [4.78, 5) is 0. The highest BCUT2D eigenvalue weighted by atomic mass is 32.2. The first-order chi connectivity index (χ1) is 5.27. The molecule has 0 saturated carbocycles. The van der Waals surface area contributed by atoms with Crippen LogP contribution in [0.1, 0.15) is 6.92 Å². The molecule has 0 aromatic rings. The number of hydrogen-bond donors (Lipinski definition) is 2. The van der Waals surface area contributed by atoms with Crippen LogP contribution in [0.3, 0.4) is 0 Å². The molecule has 0 rings (SSSR count). The first kappa shape index (κ1) is 11.0. The van der Waals surface area contributed by atoms with Crippen LogP contribution in [-0.4, -0.2) is 35.8 Å². The Labute approximate surface area is 73.1 Å². The summed E-state index contributed by atoms with van der Waals surface area (Å²) in [5, 5.41) is 12.0. The molecule has 11 heavy (non-hydrogen) atoms. The van der Waals surface area contributed by atoms with E-state index < -0.39 is 0 Å². The van der Waals surface area contributed by atoms with Crippen molar-refractivity contribution in [3.05, 3.63) is 12.7 Å². The Kier molecular flexibility index (Phi) is 8.12. The Morgan fingerprint density at radius 1 is 1.73 bits per heavy atom. The quantitative estimate of drug-likeness (QED) is 0.445. The molecule has 0 spiro atoms. The van der Waals surface area contributed by atoms with Gasteiger partial charge in [-0.1, -0.05) is 6.08 Å². The highest BCUT2D eigenvalue weighted by molar-refractivity contribution is 7.99. The minimum Gasteiger partial charge on any atom is -0.392 e. The molecule has 0 saturated heterocycles. The molecule has 0 amide bonds. The maximum Gasteiger partial charge on any atom is 0.0636 e. The molecule has 3 heteroatoms. The van der Waals surface area contributed by atoms with E-state index in [-0.39, 0.29) is 6.10 Å². The third-order valence-corrected chi connectivity index (χ3v) is 2.06. The molecular weight excluding hydrogens is 158 g/mol. The summed E-state index contributed by atoms with van der Waals surface area (Å²) in [7, 11) is 0. The van der Waals surface area contributed by atoms with Crippen LogP contribution >= 0.6 is 11.8 Å². The Hall–Kier alpha value is 0.01000. The van der Waals surface area contributed by atoms with E-state index in [9.17, 15) is 0 Å². The lowest BCUT2D eigenvalue weighted by atomic mass is 10.4. The zero-order valence-electron chi connectivity index (χ0n) is 7.05. The molecule has 0 unspecified atom stereocenters. The number of nitrogens with one attached hydrogen (secondary N) is 1. The molecule has 0 aliphatic rings. The van der Waals surface area contributed by atoms with Crippen LogP contribution in [-0.2, 0) is 0 Å². The Balaban J connectivity index is 2.85. The van der Waals surface area contributed by atoms with E-state index in [1.54, 1.807) is 6.92 Å². The van der Waals surface area contributed by atoms with Gasteiger partial charge in [0, 0.05) is 24.6 Å². The molecule has 66 valence electrons. The van der Waals surface area contributed by atoms with E-state index in [1.807, 2.05) is 17.8 Å². The van der Waals surface area contributed by atoms with Gasteiger partial charge in [-0.05, 0) is 6.92 Å². The Morgan fingerprint density at radius 3 is 3.00 bits per heavy atom. The third kappa shape index (κ3) is 10.0. The van der Waals surface area contributed by atoms with Crippen LogP contribution in [0.15, 0.2) is 12.7 Å². The lowest BCUT2D eigenvalue weighted by Crippen LogP contribution is -2.26. The van der Waals surface area contributed by atoms with Crippen molar-refractivity contribution in [1.82, 2.24) is 5.32 Å². The summed E-state index contributed by atoms with van der Waals surface area (Å²) >= 11 is 1.84. The summed E-state index contributed by atoms with van der Waals surface area (Å²) in [6, 6.07) is 0. The Morgan fingerprint density at radius 2 is 2.45 bits per heavy atom. The lowest BCUT2D eigenvalue weighted by molar-refractivity contribution is 0.192. The first-order valence-corrected chi connectivity index (χ1v) is 5.00. The topological polar surface area (TPSA) is 32.3 Å². The van der Waals surface area contributed by atoms with Crippen molar-refractivity contribution in [2.45, 2.75) is 13.0 Å². The van der Waals surface area contributed by atoms with Crippen molar-refractivity contribution < 1.29 is 5.11 Å². The first-order valence-electron chi connectivity index (χ1n) is 3.84. The van der Waals surface area contributed by atoms with Crippen molar-refractivity contribution >= 4 is 11.8 Å². The minimum atomic E-state index is -0.237. The van der Waals surface area contributed by atoms with E-state index in [4.69, 9.17) is 5.11 Å². The fourth-order valence-electron chi connectivity index (χ4n) is 0.622. The summed E-state index contributed by atoms with van der Waals surface area (Å²) < 4.78 is 0. The van der Waals surface area contributed by atoms with E-state index in [0.29, 0.717) is 6.54 Å². The number of rotatable bonds is 7. The van der Waals surface area contributed by atoms with Gasteiger partial charge in [-0.3, -0.25) is 0 Å². The summed E-state index contributed by atoms with van der Waals surface area (Å²) in [5.41, 5.74) is 0. The zero-order chi connectivity index (χ0) is 8.53. The van der Waals surface area contributed by atoms with Crippen molar-refractivity contribution in [3.8, 4) is 0 Å². The van der Waals surface area contributed by atoms with Gasteiger partial charge in [0.1, 0.15) is 0 Å². The van der Waals surface area contributed by atoms with E-state index in [1.165, 1.54) is 0 Å². The van der Waals surface area contributed by atoms with E-state index in [2.05, 4.69) is 11.9 Å². The van der Waals surface area contributed by atoms with Crippen LogP contribution < -0.4 is 5.32 Å². The zero-order valence-corrected chi connectivity index (χ0v) is 7.86. The lowest BCUT2D eigenvalue weighted by Gasteiger charge is -2.05. The fourth-order valence-corrected chi connectivity index (χ4v) is 1.24. The van der Waals surface area contributed by atoms with Crippen molar-refractivity contribution in [2.75, 3.05) is 24.6 Å². The molecule has 0 bridgehead atoms. The average Bonchev–Trinajstić information content (AvgIpc) is 1.96. The van der Waals surface area contributed by atoms with Gasteiger partial charge in [-0.2, -0.15) is 11.8 Å². The second kappa shape index (κ2) is 8.11. The predicted molar refractivity (Wildman–Crippen MR) is 52.1 cm³/mol. The average molecular weight is 175 g/mol. The van der Waals surface area contributed by atoms with E-state index in [0.717, 1.165) is 18.1 Å². The summed E-state index contributed by atoms with van der Waals surface area (Å²) in [6.07, 6.45) is 1.67. The van der Waals surface area contributed by atoms with Gasteiger partial charge in [-0.15, -0.1) is 6.58 Å². The van der Waals surface area contributed by atoms with Crippen LogP contribution in [0, 0.1) is 0 Å². The van der Waals surface area contributed by atoms with Crippen LogP contribution in [0.5, 0.6) is 0 Å². The maximum atomic E-state index is 8.87. The molecule has 0 heterocycles. The number of aliphatic hydroxyl groups excluding tert-OH is 1. The molecule has 0 fully saturated rings. The molecule has 0 aromatic carbocycles. The normalized spacial score (nSPS) is 12.9. The SMILES string of the molecule is C=CCSCCNC[C@@H](C)O. The molecule has 2 N–H and O–H groups in total. The second-order valence-electron chi connectivity index (χ2n) is 2.42. The van der Waals surface area contributed by atoms with Gasteiger partial charge in [0.15, 0.2) is 0 Å². The smallest absolute Gasteiger partial charge is 0.0636 e. The van der Waals surface area contributed by atoms with Gasteiger partial charge in [0.2, 0.25) is 0 Å². The number of thioether (sulfide) groups is 1. The maximum absolute atomic E-state index is 8.87.